The lowest BCUT2D eigenvalue weighted by molar-refractivity contribution is -0.137. The number of hydrogen-bond acceptors (Lipinski definition) is 1. The molecule has 0 aromatic heterocycles. The molecule has 0 atom stereocenters. The predicted molar refractivity (Wildman–Crippen MR) is 78.5 cm³/mol. The SMILES string of the molecule is O=C(Nc1ccc(Cl)cc1)c1ccc(Br)cc1C(F)(F)F. The van der Waals surface area contributed by atoms with Crippen molar-refractivity contribution in [1.29, 1.82) is 0 Å². The fourth-order valence-corrected chi connectivity index (χ4v) is 2.17. The number of hydrogen-bond donors (Lipinski definition) is 1. The standard InChI is InChI=1S/C14H8BrClF3NO/c15-8-1-6-11(12(7-8)14(17,18)19)13(21)20-10-4-2-9(16)3-5-10/h1-7H,(H,20,21). The summed E-state index contributed by atoms with van der Waals surface area (Å²) in [4.78, 5) is 12.0. The van der Waals surface area contributed by atoms with E-state index in [2.05, 4.69) is 21.2 Å². The van der Waals surface area contributed by atoms with Gasteiger partial charge in [0.2, 0.25) is 0 Å². The number of anilines is 1. The van der Waals surface area contributed by atoms with Crippen LogP contribution < -0.4 is 5.32 Å². The van der Waals surface area contributed by atoms with Crippen molar-refractivity contribution in [2.45, 2.75) is 6.18 Å². The maximum absolute atomic E-state index is 13.0. The molecule has 7 heteroatoms. The molecule has 0 saturated carbocycles. The van der Waals surface area contributed by atoms with Gasteiger partial charge in [-0.15, -0.1) is 0 Å². The van der Waals surface area contributed by atoms with E-state index in [9.17, 15) is 18.0 Å². The Labute approximate surface area is 132 Å². The molecule has 0 unspecified atom stereocenters. The number of benzene rings is 2. The maximum Gasteiger partial charge on any atom is 0.417 e. The van der Waals surface area contributed by atoms with E-state index in [1.165, 1.54) is 30.3 Å². The van der Waals surface area contributed by atoms with E-state index >= 15 is 0 Å². The summed E-state index contributed by atoms with van der Waals surface area (Å²) < 4.78 is 39.1. The number of nitrogens with one attached hydrogen (secondary N) is 1. The van der Waals surface area contributed by atoms with Gasteiger partial charge in [0.15, 0.2) is 0 Å². The number of rotatable bonds is 2. The van der Waals surface area contributed by atoms with Crippen LogP contribution in [-0.4, -0.2) is 5.91 Å². The zero-order chi connectivity index (χ0) is 15.6. The third-order valence-corrected chi connectivity index (χ3v) is 3.38. The topological polar surface area (TPSA) is 29.1 Å². The quantitative estimate of drug-likeness (QED) is 0.747. The van der Waals surface area contributed by atoms with Gasteiger partial charge in [0.05, 0.1) is 11.1 Å². The molecular formula is C14H8BrClF3NO. The smallest absolute Gasteiger partial charge is 0.322 e. The molecule has 2 nitrogen and oxygen atoms in total. The summed E-state index contributed by atoms with van der Waals surface area (Å²) in [6.07, 6.45) is -4.61. The molecule has 0 saturated heterocycles. The van der Waals surface area contributed by atoms with Crippen LogP contribution in [0.15, 0.2) is 46.9 Å². The Morgan fingerprint density at radius 2 is 1.71 bits per heavy atom. The van der Waals surface area contributed by atoms with Crippen molar-refractivity contribution in [1.82, 2.24) is 0 Å². The first-order valence-electron chi connectivity index (χ1n) is 5.71. The van der Waals surface area contributed by atoms with Gasteiger partial charge >= 0.3 is 6.18 Å². The van der Waals surface area contributed by atoms with E-state index in [1.54, 1.807) is 0 Å². The third kappa shape index (κ3) is 3.98. The summed E-state index contributed by atoms with van der Waals surface area (Å²) in [6, 6.07) is 9.45. The molecule has 0 spiro atoms. The van der Waals surface area contributed by atoms with E-state index in [1.807, 2.05) is 0 Å². The molecule has 0 aliphatic carbocycles. The lowest BCUT2D eigenvalue weighted by atomic mass is 10.1. The molecule has 1 N–H and O–H groups in total. The highest BCUT2D eigenvalue weighted by molar-refractivity contribution is 9.10. The van der Waals surface area contributed by atoms with Gasteiger partial charge in [-0.05, 0) is 42.5 Å². The van der Waals surface area contributed by atoms with Gasteiger partial charge in [0.25, 0.3) is 5.91 Å². The average Bonchev–Trinajstić information content (AvgIpc) is 2.40. The first-order chi connectivity index (χ1) is 9.77. The molecule has 0 heterocycles. The predicted octanol–water partition coefficient (Wildman–Crippen LogP) is 5.37. The molecular weight excluding hydrogens is 371 g/mol. The molecule has 2 aromatic carbocycles. The van der Waals surface area contributed by atoms with Crippen molar-refractivity contribution in [2.75, 3.05) is 5.32 Å². The van der Waals surface area contributed by atoms with Gasteiger partial charge in [-0.3, -0.25) is 4.79 Å². The van der Waals surface area contributed by atoms with Crippen molar-refractivity contribution < 1.29 is 18.0 Å². The van der Waals surface area contributed by atoms with Crippen LogP contribution in [0.25, 0.3) is 0 Å². The van der Waals surface area contributed by atoms with Crippen LogP contribution in [0.1, 0.15) is 15.9 Å². The lowest BCUT2D eigenvalue weighted by Gasteiger charge is -2.13. The molecule has 21 heavy (non-hydrogen) atoms. The molecule has 0 aliphatic rings. The van der Waals surface area contributed by atoms with E-state index in [0.29, 0.717) is 10.7 Å². The Morgan fingerprint density at radius 1 is 1.10 bits per heavy atom. The van der Waals surface area contributed by atoms with Crippen molar-refractivity contribution in [3.05, 3.63) is 63.1 Å². The molecule has 2 rings (SSSR count). The van der Waals surface area contributed by atoms with Crippen LogP contribution in [0.2, 0.25) is 5.02 Å². The van der Waals surface area contributed by atoms with Gasteiger partial charge in [-0.2, -0.15) is 13.2 Å². The molecule has 2 aromatic rings. The van der Waals surface area contributed by atoms with Gasteiger partial charge in [-0.1, -0.05) is 27.5 Å². The minimum atomic E-state index is -4.61. The second-order valence-corrected chi connectivity index (χ2v) is 5.50. The summed E-state index contributed by atoms with van der Waals surface area (Å²) in [7, 11) is 0. The van der Waals surface area contributed by atoms with Gasteiger partial charge < -0.3 is 5.32 Å². The number of halogens is 5. The molecule has 0 fully saturated rings. The highest BCUT2D eigenvalue weighted by Crippen LogP contribution is 2.34. The van der Waals surface area contributed by atoms with Crippen LogP contribution in [0.4, 0.5) is 18.9 Å². The third-order valence-electron chi connectivity index (χ3n) is 2.63. The average molecular weight is 379 g/mol. The van der Waals surface area contributed by atoms with Crippen molar-refractivity contribution >= 4 is 39.1 Å². The van der Waals surface area contributed by atoms with Gasteiger partial charge in [0, 0.05) is 15.2 Å². The Bertz CT molecular complexity index is 671. The number of carbonyl (C=O) groups is 1. The summed E-state index contributed by atoms with van der Waals surface area (Å²) in [6.45, 7) is 0. The monoisotopic (exact) mass is 377 g/mol. The molecule has 110 valence electrons. The van der Waals surface area contributed by atoms with Crippen LogP contribution >= 0.6 is 27.5 Å². The number of alkyl halides is 3. The minimum absolute atomic E-state index is 0.248. The Kier molecular flexibility index (Phi) is 4.58. The summed E-state index contributed by atoms with van der Waals surface area (Å²) in [5.41, 5.74) is -1.08. The van der Waals surface area contributed by atoms with Gasteiger partial charge in [0.1, 0.15) is 0 Å². The first kappa shape index (κ1) is 15.9. The van der Waals surface area contributed by atoms with Crippen LogP contribution in [0, 0.1) is 0 Å². The van der Waals surface area contributed by atoms with Crippen molar-refractivity contribution in [3.63, 3.8) is 0 Å². The van der Waals surface area contributed by atoms with Crippen LogP contribution in [0.3, 0.4) is 0 Å². The Balaban J connectivity index is 2.33. The van der Waals surface area contributed by atoms with Crippen LogP contribution in [0.5, 0.6) is 0 Å². The van der Waals surface area contributed by atoms with Crippen LogP contribution in [-0.2, 0) is 6.18 Å². The Hall–Kier alpha value is -1.53. The fourth-order valence-electron chi connectivity index (χ4n) is 1.68. The van der Waals surface area contributed by atoms with E-state index in [-0.39, 0.29) is 4.47 Å². The summed E-state index contributed by atoms with van der Waals surface area (Å²) >= 11 is 8.67. The molecule has 0 radical (unpaired) electrons. The zero-order valence-corrected chi connectivity index (χ0v) is 12.7. The minimum Gasteiger partial charge on any atom is -0.322 e. The fraction of sp³-hybridized carbons (Fsp3) is 0.0714. The van der Waals surface area contributed by atoms with Crippen molar-refractivity contribution in [2.24, 2.45) is 0 Å². The number of amides is 1. The first-order valence-corrected chi connectivity index (χ1v) is 6.88. The second kappa shape index (κ2) is 6.07. The molecule has 0 aliphatic heterocycles. The highest BCUT2D eigenvalue weighted by atomic mass is 79.9. The second-order valence-electron chi connectivity index (χ2n) is 4.15. The van der Waals surface area contributed by atoms with Gasteiger partial charge in [-0.25, -0.2) is 0 Å². The molecule has 0 bridgehead atoms. The highest BCUT2D eigenvalue weighted by Gasteiger charge is 2.35. The largest absolute Gasteiger partial charge is 0.417 e. The van der Waals surface area contributed by atoms with E-state index in [0.717, 1.165) is 12.1 Å². The summed E-state index contributed by atoms with van der Waals surface area (Å²) in [5, 5.41) is 2.87. The normalized spacial score (nSPS) is 11.3. The van der Waals surface area contributed by atoms with Crippen molar-refractivity contribution in [3.8, 4) is 0 Å². The zero-order valence-electron chi connectivity index (χ0n) is 10.3. The summed E-state index contributed by atoms with van der Waals surface area (Å²) in [5.74, 6) is -0.836. The number of carbonyl (C=O) groups excluding carboxylic acids is 1. The van der Waals surface area contributed by atoms with E-state index < -0.39 is 23.2 Å². The maximum atomic E-state index is 13.0. The lowest BCUT2D eigenvalue weighted by Crippen LogP contribution is -2.18. The Morgan fingerprint density at radius 3 is 2.29 bits per heavy atom. The molecule has 1 amide bonds. The van der Waals surface area contributed by atoms with E-state index in [4.69, 9.17) is 11.6 Å².